The van der Waals surface area contributed by atoms with Crippen molar-refractivity contribution >= 4 is 11.8 Å². The van der Waals surface area contributed by atoms with Crippen molar-refractivity contribution in [3.63, 3.8) is 0 Å². The number of ether oxygens (including phenoxy) is 1. The molecule has 2 nitrogen and oxygen atoms in total. The van der Waals surface area contributed by atoms with Crippen LogP contribution in [0.4, 0.5) is 0 Å². The maximum atomic E-state index is 10.9. The fourth-order valence-electron chi connectivity index (χ4n) is 5.51. The van der Waals surface area contributed by atoms with Crippen molar-refractivity contribution in [2.75, 3.05) is 18.1 Å². The van der Waals surface area contributed by atoms with Gasteiger partial charge in [0, 0.05) is 6.61 Å². The summed E-state index contributed by atoms with van der Waals surface area (Å²) in [5.41, 5.74) is 0.132. The molecule has 2 aliphatic heterocycles. The van der Waals surface area contributed by atoms with E-state index in [9.17, 15) is 5.11 Å². The maximum Gasteiger partial charge on any atom is 0.0701 e. The first-order valence-electron chi connectivity index (χ1n) is 8.65. The summed E-state index contributed by atoms with van der Waals surface area (Å²) in [6.45, 7) is 0.882. The van der Waals surface area contributed by atoms with Gasteiger partial charge in [-0.15, -0.1) is 0 Å². The first-order chi connectivity index (χ1) is 9.76. The molecule has 1 N–H and O–H groups in total. The number of hydrogen-bond donors (Lipinski definition) is 1. The normalized spacial score (nSPS) is 44.9. The lowest BCUT2D eigenvalue weighted by Gasteiger charge is -2.46. The van der Waals surface area contributed by atoms with Crippen molar-refractivity contribution in [2.24, 2.45) is 23.7 Å². The minimum Gasteiger partial charge on any atom is -0.393 e. The molecule has 4 rings (SSSR count). The molecule has 2 saturated carbocycles. The Morgan fingerprint density at radius 3 is 2.65 bits per heavy atom. The van der Waals surface area contributed by atoms with Gasteiger partial charge in [-0.3, -0.25) is 0 Å². The largest absolute Gasteiger partial charge is 0.393 e. The Labute approximate surface area is 127 Å². The number of aliphatic hydroxyl groups excluding tert-OH is 1. The molecule has 0 radical (unpaired) electrons. The predicted octanol–water partition coefficient (Wildman–Crippen LogP) is 3.48. The van der Waals surface area contributed by atoms with E-state index in [0.29, 0.717) is 11.8 Å². The Morgan fingerprint density at radius 2 is 1.95 bits per heavy atom. The summed E-state index contributed by atoms with van der Waals surface area (Å²) in [5, 5.41) is 10.9. The van der Waals surface area contributed by atoms with Gasteiger partial charge in [0.25, 0.3) is 0 Å². The van der Waals surface area contributed by atoms with E-state index in [1.165, 1.54) is 50.0 Å². The molecule has 2 bridgehead atoms. The Hall–Kier alpha value is 0.270. The van der Waals surface area contributed by atoms with Crippen LogP contribution < -0.4 is 0 Å². The summed E-state index contributed by atoms with van der Waals surface area (Å²) in [4.78, 5) is 0. The Bertz CT molecular complexity index is 347. The zero-order chi connectivity index (χ0) is 13.6. The van der Waals surface area contributed by atoms with Gasteiger partial charge in [-0.05, 0) is 80.1 Å². The third kappa shape index (κ3) is 2.44. The molecule has 0 amide bonds. The summed E-state index contributed by atoms with van der Waals surface area (Å²) in [7, 11) is 0. The van der Waals surface area contributed by atoms with E-state index in [0.717, 1.165) is 31.3 Å². The van der Waals surface area contributed by atoms with Crippen LogP contribution in [0.5, 0.6) is 0 Å². The fraction of sp³-hybridized carbons (Fsp3) is 1.00. The minimum absolute atomic E-state index is 0.0411. The standard InChI is InChI=1S/C17H28O2S/c18-16(15-10-12-1-2-13(15)9-12)14-3-6-19-17(11-14)4-7-20-8-5-17/h12-16,18H,1-11H2. The fourth-order valence-corrected chi connectivity index (χ4v) is 6.75. The van der Waals surface area contributed by atoms with Crippen LogP contribution in [0.25, 0.3) is 0 Å². The van der Waals surface area contributed by atoms with E-state index in [1.807, 2.05) is 0 Å². The summed E-state index contributed by atoms with van der Waals surface area (Å²) >= 11 is 2.06. The zero-order valence-electron chi connectivity index (χ0n) is 12.4. The second kappa shape index (κ2) is 5.48. The van der Waals surface area contributed by atoms with E-state index < -0.39 is 0 Å². The molecular weight excluding hydrogens is 268 g/mol. The van der Waals surface area contributed by atoms with E-state index in [1.54, 1.807) is 0 Å². The third-order valence-electron chi connectivity index (χ3n) is 6.65. The molecule has 4 fully saturated rings. The number of aliphatic hydroxyl groups is 1. The van der Waals surface area contributed by atoms with Gasteiger partial charge in [0.05, 0.1) is 11.7 Å². The molecule has 0 aromatic heterocycles. The Balaban J connectivity index is 1.42. The van der Waals surface area contributed by atoms with Crippen LogP contribution in [0.2, 0.25) is 0 Å². The number of thioether (sulfide) groups is 1. The van der Waals surface area contributed by atoms with Crippen LogP contribution in [0.15, 0.2) is 0 Å². The van der Waals surface area contributed by atoms with Gasteiger partial charge in [0.15, 0.2) is 0 Å². The lowest BCUT2D eigenvalue weighted by atomic mass is 9.73. The molecule has 0 aromatic rings. The SMILES string of the molecule is OC(C1CCOC2(CCSCC2)C1)C1CC2CCC1C2. The van der Waals surface area contributed by atoms with Gasteiger partial charge in [0.1, 0.15) is 0 Å². The molecule has 0 aromatic carbocycles. The van der Waals surface area contributed by atoms with Gasteiger partial charge in [-0.1, -0.05) is 6.42 Å². The van der Waals surface area contributed by atoms with Crippen molar-refractivity contribution in [3.8, 4) is 0 Å². The molecule has 1 spiro atoms. The third-order valence-corrected chi connectivity index (χ3v) is 7.64. The monoisotopic (exact) mass is 296 g/mol. The number of fused-ring (bicyclic) bond motifs is 2. The van der Waals surface area contributed by atoms with Crippen molar-refractivity contribution in [1.29, 1.82) is 0 Å². The minimum atomic E-state index is -0.0411. The van der Waals surface area contributed by atoms with Crippen molar-refractivity contribution in [1.82, 2.24) is 0 Å². The molecule has 2 heterocycles. The lowest BCUT2D eigenvalue weighted by Crippen LogP contribution is -2.47. The first-order valence-corrected chi connectivity index (χ1v) is 9.81. The van der Waals surface area contributed by atoms with Gasteiger partial charge in [-0.2, -0.15) is 11.8 Å². The van der Waals surface area contributed by atoms with Crippen LogP contribution in [0.1, 0.15) is 51.4 Å². The van der Waals surface area contributed by atoms with Crippen molar-refractivity contribution in [3.05, 3.63) is 0 Å². The first kappa shape index (κ1) is 13.9. The quantitative estimate of drug-likeness (QED) is 0.846. The van der Waals surface area contributed by atoms with Crippen LogP contribution in [-0.2, 0) is 4.74 Å². The van der Waals surface area contributed by atoms with Gasteiger partial charge < -0.3 is 9.84 Å². The smallest absolute Gasteiger partial charge is 0.0701 e. The average molecular weight is 296 g/mol. The molecule has 3 heteroatoms. The second-order valence-corrected chi connectivity index (χ2v) is 8.95. The van der Waals surface area contributed by atoms with Crippen molar-refractivity contribution < 1.29 is 9.84 Å². The number of hydrogen-bond acceptors (Lipinski definition) is 3. The summed E-state index contributed by atoms with van der Waals surface area (Å²) in [5.74, 6) is 5.41. The summed E-state index contributed by atoms with van der Waals surface area (Å²) in [6.07, 6.45) is 10.1. The average Bonchev–Trinajstić information content (AvgIpc) is 3.10. The van der Waals surface area contributed by atoms with E-state index in [4.69, 9.17) is 4.74 Å². The highest BCUT2D eigenvalue weighted by molar-refractivity contribution is 7.99. The predicted molar refractivity (Wildman–Crippen MR) is 82.9 cm³/mol. The highest BCUT2D eigenvalue weighted by Crippen LogP contribution is 2.52. The van der Waals surface area contributed by atoms with Gasteiger partial charge >= 0.3 is 0 Å². The molecule has 20 heavy (non-hydrogen) atoms. The molecule has 5 atom stereocenters. The Morgan fingerprint density at radius 1 is 1.10 bits per heavy atom. The highest BCUT2D eigenvalue weighted by Gasteiger charge is 2.47. The summed E-state index contributed by atoms with van der Waals surface area (Å²) < 4.78 is 6.19. The topological polar surface area (TPSA) is 29.5 Å². The van der Waals surface area contributed by atoms with Crippen LogP contribution in [0, 0.1) is 23.7 Å². The Kier molecular flexibility index (Phi) is 3.81. The van der Waals surface area contributed by atoms with Gasteiger partial charge in [0.2, 0.25) is 0 Å². The van der Waals surface area contributed by atoms with Crippen LogP contribution >= 0.6 is 11.8 Å². The molecule has 114 valence electrons. The second-order valence-electron chi connectivity index (χ2n) is 7.73. The lowest BCUT2D eigenvalue weighted by molar-refractivity contribution is -0.130. The number of rotatable bonds is 2. The summed E-state index contributed by atoms with van der Waals surface area (Å²) in [6, 6.07) is 0. The zero-order valence-corrected chi connectivity index (χ0v) is 13.2. The molecule has 4 aliphatic rings. The van der Waals surface area contributed by atoms with Crippen molar-refractivity contribution in [2.45, 2.75) is 63.1 Å². The highest BCUT2D eigenvalue weighted by atomic mass is 32.2. The van der Waals surface area contributed by atoms with E-state index in [-0.39, 0.29) is 11.7 Å². The van der Waals surface area contributed by atoms with Gasteiger partial charge in [-0.25, -0.2) is 0 Å². The van der Waals surface area contributed by atoms with Crippen LogP contribution in [-0.4, -0.2) is 34.9 Å². The van der Waals surface area contributed by atoms with E-state index in [2.05, 4.69) is 11.8 Å². The van der Waals surface area contributed by atoms with E-state index >= 15 is 0 Å². The molecule has 5 unspecified atom stereocenters. The molecule has 2 aliphatic carbocycles. The molecular formula is C17H28O2S. The molecule has 2 saturated heterocycles. The maximum absolute atomic E-state index is 10.9. The van der Waals surface area contributed by atoms with Crippen LogP contribution in [0.3, 0.4) is 0 Å².